The Bertz CT molecular complexity index is 852. The number of halogens is 1. The summed E-state index contributed by atoms with van der Waals surface area (Å²) in [7, 11) is 2.15. The van der Waals surface area contributed by atoms with E-state index in [4.69, 9.17) is 0 Å². The highest BCUT2D eigenvalue weighted by molar-refractivity contribution is 5.38. The molecule has 2 aromatic heterocycles. The molecule has 126 valence electrons. The number of pyridine rings is 1. The molecule has 2 aromatic rings. The molecule has 0 N–H and O–H groups in total. The number of hydrogen-bond acceptors (Lipinski definition) is 4. The Kier molecular flexibility index (Phi) is 3.73. The number of fused-ring (bicyclic) bond motifs is 1. The molecule has 6 heteroatoms. The predicted molar refractivity (Wildman–Crippen MR) is 90.4 cm³/mol. The first-order valence-electron chi connectivity index (χ1n) is 8.32. The highest BCUT2D eigenvalue weighted by atomic mass is 19.1. The molecule has 0 atom stereocenters. The highest BCUT2D eigenvalue weighted by Crippen LogP contribution is 2.34. The van der Waals surface area contributed by atoms with Gasteiger partial charge in [0.2, 0.25) is 0 Å². The molecule has 3 heterocycles. The lowest BCUT2D eigenvalue weighted by Crippen LogP contribution is -2.60. The molecule has 0 radical (unpaired) electrons. The zero-order valence-corrected chi connectivity index (χ0v) is 13.8. The van der Waals surface area contributed by atoms with Gasteiger partial charge in [-0.1, -0.05) is 12.2 Å². The van der Waals surface area contributed by atoms with E-state index in [1.807, 2.05) is 0 Å². The van der Waals surface area contributed by atoms with Crippen LogP contribution in [-0.2, 0) is 6.54 Å². The second-order valence-corrected chi connectivity index (χ2v) is 6.93. The van der Waals surface area contributed by atoms with Crippen molar-refractivity contribution in [1.82, 2.24) is 19.2 Å². The Labute approximate surface area is 140 Å². The maximum absolute atomic E-state index is 13.5. The maximum Gasteiger partial charge on any atom is 0.262 e. The fourth-order valence-electron chi connectivity index (χ4n) is 3.94. The largest absolute Gasteiger partial charge is 0.303 e. The van der Waals surface area contributed by atoms with Gasteiger partial charge in [-0.2, -0.15) is 0 Å². The average Bonchev–Trinajstić information content (AvgIpc) is 3.02. The number of aromatic nitrogens is 2. The first-order chi connectivity index (χ1) is 11.6. The van der Waals surface area contributed by atoms with Crippen LogP contribution in [0.5, 0.6) is 0 Å². The Hall–Kier alpha value is -2.05. The van der Waals surface area contributed by atoms with Crippen molar-refractivity contribution in [2.45, 2.75) is 24.9 Å². The van der Waals surface area contributed by atoms with Crippen LogP contribution >= 0.6 is 0 Å². The maximum atomic E-state index is 13.5. The van der Waals surface area contributed by atoms with Gasteiger partial charge in [0, 0.05) is 44.1 Å². The van der Waals surface area contributed by atoms with Gasteiger partial charge in [-0.05, 0) is 32.0 Å². The Morgan fingerprint density at radius 2 is 2.04 bits per heavy atom. The van der Waals surface area contributed by atoms with Gasteiger partial charge in [0.1, 0.15) is 11.5 Å². The van der Waals surface area contributed by atoms with Crippen molar-refractivity contribution in [3.8, 4) is 0 Å². The molecule has 1 saturated heterocycles. The SMILES string of the molecule is CN1CCN(Cc2cnc3ccc(F)cn3c2=O)C2(CC=CC2)C1. The molecule has 0 unspecified atom stereocenters. The monoisotopic (exact) mass is 328 g/mol. The molecule has 1 aliphatic carbocycles. The first-order valence-corrected chi connectivity index (χ1v) is 8.32. The van der Waals surface area contributed by atoms with E-state index in [0.29, 0.717) is 17.8 Å². The van der Waals surface area contributed by atoms with Crippen LogP contribution in [0.3, 0.4) is 0 Å². The first kappa shape index (κ1) is 15.5. The van der Waals surface area contributed by atoms with Crippen molar-refractivity contribution >= 4 is 5.65 Å². The van der Waals surface area contributed by atoms with Crippen LogP contribution < -0.4 is 5.56 Å². The zero-order chi connectivity index (χ0) is 16.7. The number of hydrogen-bond donors (Lipinski definition) is 0. The molecule has 2 aliphatic rings. The van der Waals surface area contributed by atoms with Crippen LogP contribution in [-0.4, -0.2) is 51.4 Å². The molecule has 0 aromatic carbocycles. The molecule has 24 heavy (non-hydrogen) atoms. The normalized spacial score (nSPS) is 21.1. The fourth-order valence-corrected chi connectivity index (χ4v) is 3.94. The molecule has 0 bridgehead atoms. The second kappa shape index (κ2) is 5.79. The van der Waals surface area contributed by atoms with Gasteiger partial charge in [-0.25, -0.2) is 9.37 Å². The van der Waals surface area contributed by atoms with E-state index in [9.17, 15) is 9.18 Å². The summed E-state index contributed by atoms with van der Waals surface area (Å²) in [5.41, 5.74) is 0.982. The predicted octanol–water partition coefficient (Wildman–Crippen LogP) is 1.67. The number of rotatable bonds is 2. The van der Waals surface area contributed by atoms with Gasteiger partial charge >= 0.3 is 0 Å². The van der Waals surface area contributed by atoms with E-state index >= 15 is 0 Å². The standard InChI is InChI=1S/C18H21FN4O/c1-21-8-9-22(18(13-21)6-2-3-7-18)11-14-10-20-16-5-4-15(19)12-23(16)17(14)24/h2-5,10,12H,6-9,11,13H2,1H3. The lowest BCUT2D eigenvalue weighted by molar-refractivity contribution is 0.00823. The molecule has 5 nitrogen and oxygen atoms in total. The summed E-state index contributed by atoms with van der Waals surface area (Å²) >= 11 is 0. The summed E-state index contributed by atoms with van der Waals surface area (Å²) in [6, 6.07) is 2.85. The lowest BCUT2D eigenvalue weighted by Gasteiger charge is -2.48. The minimum absolute atomic E-state index is 0.0704. The minimum Gasteiger partial charge on any atom is -0.303 e. The van der Waals surface area contributed by atoms with Crippen molar-refractivity contribution in [3.63, 3.8) is 0 Å². The quantitative estimate of drug-likeness (QED) is 0.787. The summed E-state index contributed by atoms with van der Waals surface area (Å²) in [6.45, 7) is 3.46. The van der Waals surface area contributed by atoms with E-state index in [2.05, 4.69) is 34.0 Å². The zero-order valence-electron chi connectivity index (χ0n) is 13.8. The smallest absolute Gasteiger partial charge is 0.262 e. The van der Waals surface area contributed by atoms with Crippen LogP contribution in [0.15, 0.2) is 41.5 Å². The number of likely N-dealkylation sites (N-methyl/N-ethyl adjacent to an activating group) is 1. The summed E-state index contributed by atoms with van der Waals surface area (Å²) in [4.78, 5) is 21.8. The van der Waals surface area contributed by atoms with Gasteiger partial charge in [0.05, 0.1) is 5.56 Å². The van der Waals surface area contributed by atoms with Crippen LogP contribution in [0.4, 0.5) is 4.39 Å². The van der Waals surface area contributed by atoms with Crippen molar-refractivity contribution in [2.24, 2.45) is 0 Å². The molecular formula is C18H21FN4O. The number of nitrogens with zero attached hydrogens (tertiary/aromatic N) is 4. The molecular weight excluding hydrogens is 307 g/mol. The van der Waals surface area contributed by atoms with Gasteiger partial charge in [-0.3, -0.25) is 14.1 Å². The summed E-state index contributed by atoms with van der Waals surface area (Å²) in [5.74, 6) is -0.431. The van der Waals surface area contributed by atoms with E-state index in [0.717, 1.165) is 32.5 Å². The van der Waals surface area contributed by atoms with Crippen molar-refractivity contribution in [3.05, 3.63) is 58.4 Å². The molecule has 1 fully saturated rings. The lowest BCUT2D eigenvalue weighted by atomic mass is 9.90. The van der Waals surface area contributed by atoms with E-state index in [1.54, 1.807) is 6.20 Å². The molecule has 0 amide bonds. The van der Waals surface area contributed by atoms with Crippen LogP contribution in [0, 0.1) is 5.82 Å². The van der Waals surface area contributed by atoms with Crippen LogP contribution in [0.25, 0.3) is 5.65 Å². The Balaban J connectivity index is 1.68. The Morgan fingerprint density at radius 3 is 2.83 bits per heavy atom. The van der Waals surface area contributed by atoms with Crippen molar-refractivity contribution < 1.29 is 4.39 Å². The number of piperazine rings is 1. The van der Waals surface area contributed by atoms with Crippen LogP contribution in [0.1, 0.15) is 18.4 Å². The summed E-state index contributed by atoms with van der Waals surface area (Å²) in [6.07, 6.45) is 9.33. The molecule has 1 spiro atoms. The fraction of sp³-hybridized carbons (Fsp3) is 0.444. The van der Waals surface area contributed by atoms with Crippen LogP contribution in [0.2, 0.25) is 0 Å². The average molecular weight is 328 g/mol. The second-order valence-electron chi connectivity index (χ2n) is 6.93. The topological polar surface area (TPSA) is 40.9 Å². The summed E-state index contributed by atoms with van der Waals surface area (Å²) in [5, 5.41) is 0. The molecule has 4 rings (SSSR count). The third-order valence-electron chi connectivity index (χ3n) is 5.25. The molecule has 1 aliphatic heterocycles. The summed E-state index contributed by atoms with van der Waals surface area (Å²) < 4.78 is 14.8. The van der Waals surface area contributed by atoms with E-state index in [1.165, 1.54) is 22.7 Å². The van der Waals surface area contributed by atoms with Gasteiger partial charge in [0.25, 0.3) is 5.56 Å². The minimum atomic E-state index is -0.431. The van der Waals surface area contributed by atoms with Crippen molar-refractivity contribution in [1.29, 1.82) is 0 Å². The van der Waals surface area contributed by atoms with Gasteiger partial charge < -0.3 is 4.90 Å². The third-order valence-corrected chi connectivity index (χ3v) is 5.25. The van der Waals surface area contributed by atoms with Gasteiger partial charge in [-0.15, -0.1) is 0 Å². The Morgan fingerprint density at radius 1 is 1.25 bits per heavy atom. The van der Waals surface area contributed by atoms with E-state index < -0.39 is 5.82 Å². The molecule has 0 saturated carbocycles. The third kappa shape index (κ3) is 2.56. The van der Waals surface area contributed by atoms with Gasteiger partial charge in [0.15, 0.2) is 0 Å². The van der Waals surface area contributed by atoms with Crippen molar-refractivity contribution in [2.75, 3.05) is 26.7 Å². The van der Waals surface area contributed by atoms with E-state index in [-0.39, 0.29) is 11.1 Å². The highest BCUT2D eigenvalue weighted by Gasteiger charge is 2.41.